The van der Waals surface area contributed by atoms with Crippen LogP contribution in [0, 0.1) is 23.3 Å². The Labute approximate surface area is 198 Å². The van der Waals surface area contributed by atoms with Crippen molar-refractivity contribution in [1.29, 1.82) is 0 Å². The van der Waals surface area contributed by atoms with Crippen LogP contribution in [-0.4, -0.2) is 17.7 Å². The number of esters is 1. The first-order chi connectivity index (χ1) is 15.2. The van der Waals surface area contributed by atoms with Crippen LogP contribution in [-0.2, 0) is 11.2 Å². The Morgan fingerprint density at radius 1 is 1.06 bits per heavy atom. The lowest BCUT2D eigenvalue weighted by molar-refractivity contribution is 0.0528. The predicted octanol–water partition coefficient (Wildman–Crippen LogP) is 6.64. The van der Waals surface area contributed by atoms with E-state index in [9.17, 15) is 22.4 Å². The number of ether oxygens (including phenoxy) is 1. The second kappa shape index (κ2) is 10.4. The Morgan fingerprint density at radius 3 is 2.28 bits per heavy atom. The van der Waals surface area contributed by atoms with Gasteiger partial charge in [0, 0.05) is 11.3 Å². The molecule has 0 bridgehead atoms. The van der Waals surface area contributed by atoms with Crippen molar-refractivity contribution in [3.63, 3.8) is 0 Å². The van der Waals surface area contributed by atoms with E-state index in [0.717, 1.165) is 10.4 Å². The monoisotopic (exact) mass is 546 g/mol. The summed E-state index contributed by atoms with van der Waals surface area (Å²) >= 11 is 8.68. The van der Waals surface area contributed by atoms with E-state index in [0.29, 0.717) is 6.42 Å². The molecule has 0 atom stereocenters. The molecular formula is C21H15BrF4N2O2S2. The number of thiophene rings is 1. The molecule has 0 spiro atoms. The van der Waals surface area contributed by atoms with Crippen LogP contribution in [0.5, 0.6) is 0 Å². The molecule has 0 aliphatic heterocycles. The van der Waals surface area contributed by atoms with Gasteiger partial charge in [-0.1, -0.05) is 30.3 Å². The van der Waals surface area contributed by atoms with E-state index in [2.05, 4.69) is 26.6 Å². The molecule has 4 nitrogen and oxygen atoms in total. The fraction of sp³-hybridized carbons (Fsp3) is 0.143. The van der Waals surface area contributed by atoms with Gasteiger partial charge in [0.15, 0.2) is 28.4 Å². The van der Waals surface area contributed by atoms with Crippen molar-refractivity contribution in [2.45, 2.75) is 13.3 Å². The van der Waals surface area contributed by atoms with Gasteiger partial charge >= 0.3 is 5.97 Å². The maximum atomic E-state index is 14.1. The first kappa shape index (κ1) is 24.1. The Hall–Kier alpha value is -2.50. The lowest BCUT2D eigenvalue weighted by Gasteiger charge is -2.13. The molecule has 0 unspecified atom stereocenters. The van der Waals surface area contributed by atoms with E-state index >= 15 is 0 Å². The standard InChI is InChI=1S/C21H15BrF4N2O2S2/c1-2-30-20(29)12-9-11(8-10-6-4-3-5-7-10)32-19(12)28-21(31)27-18-16(25)14(23)13(22)15(24)17(18)26/h3-7,9H,2,8H2,1H3,(H2,27,28,31). The minimum Gasteiger partial charge on any atom is -0.462 e. The normalized spacial score (nSPS) is 10.7. The molecule has 2 N–H and O–H groups in total. The van der Waals surface area contributed by atoms with E-state index in [1.54, 1.807) is 13.0 Å². The number of hydrogen-bond acceptors (Lipinski definition) is 4. The molecule has 0 amide bonds. The zero-order chi connectivity index (χ0) is 23.4. The van der Waals surface area contributed by atoms with Crippen molar-refractivity contribution < 1.29 is 27.1 Å². The third kappa shape index (κ3) is 5.28. The largest absolute Gasteiger partial charge is 0.462 e. The highest BCUT2D eigenvalue weighted by molar-refractivity contribution is 9.10. The summed E-state index contributed by atoms with van der Waals surface area (Å²) in [6, 6.07) is 11.1. The van der Waals surface area contributed by atoms with Gasteiger partial charge < -0.3 is 15.4 Å². The average Bonchev–Trinajstić information content (AvgIpc) is 3.16. The van der Waals surface area contributed by atoms with E-state index in [4.69, 9.17) is 17.0 Å². The summed E-state index contributed by atoms with van der Waals surface area (Å²) in [5, 5.41) is 4.66. The maximum Gasteiger partial charge on any atom is 0.341 e. The van der Waals surface area contributed by atoms with Crippen molar-refractivity contribution in [3.05, 3.63) is 80.1 Å². The molecule has 0 saturated carbocycles. The van der Waals surface area contributed by atoms with Gasteiger partial charge in [-0.25, -0.2) is 22.4 Å². The fourth-order valence-electron chi connectivity index (χ4n) is 2.74. The van der Waals surface area contributed by atoms with Crippen molar-refractivity contribution in [2.24, 2.45) is 0 Å². The molecule has 0 radical (unpaired) electrons. The molecule has 0 aliphatic rings. The molecule has 0 aliphatic carbocycles. The van der Waals surface area contributed by atoms with Gasteiger partial charge in [0.25, 0.3) is 0 Å². The summed E-state index contributed by atoms with van der Waals surface area (Å²) in [6.07, 6.45) is 0.520. The van der Waals surface area contributed by atoms with Crippen LogP contribution in [0.15, 0.2) is 40.9 Å². The van der Waals surface area contributed by atoms with Crippen molar-refractivity contribution in [2.75, 3.05) is 17.2 Å². The van der Waals surface area contributed by atoms with Gasteiger partial charge in [-0.3, -0.25) is 0 Å². The Bertz CT molecular complexity index is 1140. The van der Waals surface area contributed by atoms with Gasteiger partial charge in [0.05, 0.1) is 16.6 Å². The number of benzene rings is 2. The Morgan fingerprint density at radius 2 is 1.69 bits per heavy atom. The molecule has 3 rings (SSSR count). The van der Waals surface area contributed by atoms with Crippen LogP contribution >= 0.6 is 39.5 Å². The molecule has 2 aromatic carbocycles. The van der Waals surface area contributed by atoms with Crippen LogP contribution in [0.4, 0.5) is 28.3 Å². The third-order valence-electron chi connectivity index (χ3n) is 4.18. The summed E-state index contributed by atoms with van der Waals surface area (Å²) < 4.78 is 59.9. The summed E-state index contributed by atoms with van der Waals surface area (Å²) in [6.45, 7) is 1.79. The van der Waals surface area contributed by atoms with Gasteiger partial charge in [0.1, 0.15) is 10.7 Å². The van der Waals surface area contributed by atoms with Crippen molar-refractivity contribution in [3.8, 4) is 0 Å². The van der Waals surface area contributed by atoms with Crippen molar-refractivity contribution >= 4 is 61.3 Å². The van der Waals surface area contributed by atoms with Crippen LogP contribution < -0.4 is 10.6 Å². The van der Waals surface area contributed by atoms with Gasteiger partial charge in [-0.2, -0.15) is 0 Å². The Balaban J connectivity index is 1.87. The molecule has 32 heavy (non-hydrogen) atoms. The number of carbonyl (C=O) groups excluding carboxylic acids is 1. The number of hydrogen-bond donors (Lipinski definition) is 2. The first-order valence-electron chi connectivity index (χ1n) is 9.16. The summed E-state index contributed by atoms with van der Waals surface area (Å²) in [4.78, 5) is 13.2. The van der Waals surface area contributed by atoms with Gasteiger partial charge in [-0.05, 0) is 46.7 Å². The third-order valence-corrected chi connectivity index (χ3v) is 6.13. The minimum atomic E-state index is -1.65. The van der Waals surface area contributed by atoms with Gasteiger partial charge in [0.2, 0.25) is 0 Å². The van der Waals surface area contributed by atoms with Crippen LogP contribution in [0.25, 0.3) is 0 Å². The van der Waals surface area contributed by atoms with Gasteiger partial charge in [-0.15, -0.1) is 11.3 Å². The molecule has 3 aromatic rings. The van der Waals surface area contributed by atoms with E-state index in [1.165, 1.54) is 11.3 Å². The highest BCUT2D eigenvalue weighted by atomic mass is 79.9. The minimum absolute atomic E-state index is 0.138. The highest BCUT2D eigenvalue weighted by Gasteiger charge is 2.25. The van der Waals surface area contributed by atoms with E-state index in [1.807, 2.05) is 30.3 Å². The number of rotatable bonds is 6. The number of thiocarbonyl (C=S) groups is 1. The highest BCUT2D eigenvalue weighted by Crippen LogP contribution is 2.33. The SMILES string of the molecule is CCOC(=O)c1cc(Cc2ccccc2)sc1NC(=S)Nc1c(F)c(F)c(Br)c(F)c1F. The van der Waals surface area contributed by atoms with Crippen LogP contribution in [0.1, 0.15) is 27.7 Å². The molecule has 1 aromatic heterocycles. The molecular weight excluding hydrogens is 532 g/mol. The van der Waals surface area contributed by atoms with Crippen molar-refractivity contribution in [1.82, 2.24) is 0 Å². The fourth-order valence-corrected chi connectivity index (χ4v) is 4.44. The maximum absolute atomic E-state index is 14.1. The lowest BCUT2D eigenvalue weighted by Crippen LogP contribution is -2.22. The Kier molecular flexibility index (Phi) is 7.86. The second-order valence-electron chi connectivity index (χ2n) is 6.36. The molecule has 0 fully saturated rings. The molecule has 168 valence electrons. The summed E-state index contributed by atoms with van der Waals surface area (Å²) in [7, 11) is 0. The van der Waals surface area contributed by atoms with Crippen LogP contribution in [0.3, 0.4) is 0 Å². The molecule has 11 heteroatoms. The first-order valence-corrected chi connectivity index (χ1v) is 11.2. The number of nitrogens with one attached hydrogen (secondary N) is 2. The average molecular weight is 547 g/mol. The molecule has 1 heterocycles. The summed E-state index contributed by atoms with van der Waals surface area (Å²) in [5.41, 5.74) is 0.0712. The zero-order valence-corrected chi connectivity index (χ0v) is 19.6. The lowest BCUT2D eigenvalue weighted by atomic mass is 10.1. The van der Waals surface area contributed by atoms with E-state index in [-0.39, 0.29) is 22.3 Å². The smallest absolute Gasteiger partial charge is 0.341 e. The second-order valence-corrected chi connectivity index (χ2v) is 8.70. The topological polar surface area (TPSA) is 50.4 Å². The van der Waals surface area contributed by atoms with Crippen LogP contribution in [0.2, 0.25) is 0 Å². The van der Waals surface area contributed by atoms with E-state index < -0.39 is 39.4 Å². The number of carbonyl (C=O) groups is 1. The predicted molar refractivity (Wildman–Crippen MR) is 123 cm³/mol. The number of anilines is 2. The number of halogens is 5. The quantitative estimate of drug-likeness (QED) is 0.119. The molecule has 0 saturated heterocycles. The zero-order valence-electron chi connectivity index (χ0n) is 16.4. The summed E-state index contributed by atoms with van der Waals surface area (Å²) in [5.74, 6) is -7.14.